The number of hydrogen-bond acceptors (Lipinski definition) is 2. The lowest BCUT2D eigenvalue weighted by atomic mass is 10.1. The van der Waals surface area contributed by atoms with Crippen molar-refractivity contribution in [3.8, 4) is 0 Å². The van der Waals surface area contributed by atoms with Crippen LogP contribution in [0.25, 0.3) is 0 Å². The van der Waals surface area contributed by atoms with Crippen LogP contribution in [-0.4, -0.2) is 10.9 Å². The minimum atomic E-state index is -0.317. The van der Waals surface area contributed by atoms with Crippen LogP contribution in [0.3, 0.4) is 0 Å². The number of benzene rings is 1. The first-order chi connectivity index (χ1) is 9.06. The quantitative estimate of drug-likeness (QED) is 0.886. The number of pyridine rings is 1. The normalized spacial score (nSPS) is 11.9. The van der Waals surface area contributed by atoms with Crippen molar-refractivity contribution in [1.82, 2.24) is 10.3 Å². The van der Waals surface area contributed by atoms with Crippen molar-refractivity contribution in [2.24, 2.45) is 0 Å². The van der Waals surface area contributed by atoms with Gasteiger partial charge in [0.2, 0.25) is 5.56 Å². The first kappa shape index (κ1) is 13.0. The summed E-state index contributed by atoms with van der Waals surface area (Å²) in [4.78, 5) is 25.2. The number of carbonyl (C=O) groups is 1. The van der Waals surface area contributed by atoms with E-state index in [2.05, 4.69) is 10.3 Å². The summed E-state index contributed by atoms with van der Waals surface area (Å²) in [5, 5.41) is 2.77. The lowest BCUT2D eigenvalue weighted by Crippen LogP contribution is -2.27. The molecule has 0 bridgehead atoms. The second-order valence-electron chi connectivity index (χ2n) is 4.19. The highest BCUT2D eigenvalue weighted by Gasteiger charge is 2.11. The van der Waals surface area contributed by atoms with Crippen LogP contribution in [0, 0.1) is 5.82 Å². The topological polar surface area (TPSA) is 62.0 Å². The fourth-order valence-electron chi connectivity index (χ4n) is 1.67. The number of carbonyl (C=O) groups excluding carboxylic acids is 1. The Labute approximate surface area is 109 Å². The van der Waals surface area contributed by atoms with Gasteiger partial charge in [-0.1, -0.05) is 12.1 Å². The molecule has 0 saturated carbocycles. The third kappa shape index (κ3) is 3.28. The maximum atomic E-state index is 12.8. The number of hydrogen-bond donors (Lipinski definition) is 2. The Kier molecular flexibility index (Phi) is 3.75. The van der Waals surface area contributed by atoms with Crippen molar-refractivity contribution >= 4 is 5.91 Å². The summed E-state index contributed by atoms with van der Waals surface area (Å²) in [6, 6.07) is 8.42. The van der Waals surface area contributed by atoms with E-state index < -0.39 is 0 Å². The van der Waals surface area contributed by atoms with E-state index in [4.69, 9.17) is 0 Å². The Balaban J connectivity index is 2.08. The molecule has 1 aromatic heterocycles. The second-order valence-corrected chi connectivity index (χ2v) is 4.19. The number of aromatic amines is 1. The first-order valence-electron chi connectivity index (χ1n) is 5.81. The Bertz CT molecular complexity index is 614. The number of rotatable bonds is 3. The fourth-order valence-corrected chi connectivity index (χ4v) is 1.67. The van der Waals surface area contributed by atoms with Gasteiger partial charge in [0.15, 0.2) is 0 Å². The van der Waals surface area contributed by atoms with Gasteiger partial charge in [0, 0.05) is 12.3 Å². The van der Waals surface area contributed by atoms with Gasteiger partial charge in [0.1, 0.15) is 5.82 Å². The van der Waals surface area contributed by atoms with Crippen LogP contribution in [0.4, 0.5) is 4.39 Å². The van der Waals surface area contributed by atoms with Crippen molar-refractivity contribution in [3.63, 3.8) is 0 Å². The molecule has 1 amide bonds. The van der Waals surface area contributed by atoms with Gasteiger partial charge in [-0.3, -0.25) is 9.59 Å². The van der Waals surface area contributed by atoms with Gasteiger partial charge < -0.3 is 10.3 Å². The Morgan fingerprint density at radius 2 is 1.89 bits per heavy atom. The summed E-state index contributed by atoms with van der Waals surface area (Å²) in [5.74, 6) is -0.615. The fraction of sp³-hybridized carbons (Fsp3) is 0.143. The van der Waals surface area contributed by atoms with Gasteiger partial charge in [-0.25, -0.2) is 4.39 Å². The molecular weight excluding hydrogens is 247 g/mol. The summed E-state index contributed by atoms with van der Waals surface area (Å²) >= 11 is 0. The highest BCUT2D eigenvalue weighted by Crippen LogP contribution is 2.13. The molecule has 0 radical (unpaired) electrons. The van der Waals surface area contributed by atoms with Crippen LogP contribution in [-0.2, 0) is 0 Å². The molecule has 2 rings (SSSR count). The zero-order valence-corrected chi connectivity index (χ0v) is 10.3. The molecule has 1 unspecified atom stereocenters. The van der Waals surface area contributed by atoms with Crippen LogP contribution in [0.2, 0.25) is 0 Å². The molecule has 4 nitrogen and oxygen atoms in total. The molecule has 0 spiro atoms. The molecule has 5 heteroatoms. The van der Waals surface area contributed by atoms with E-state index in [1.165, 1.54) is 30.5 Å². The molecule has 2 aromatic rings. The van der Waals surface area contributed by atoms with E-state index in [1.807, 2.05) is 0 Å². The summed E-state index contributed by atoms with van der Waals surface area (Å²) in [5.41, 5.74) is 0.913. The van der Waals surface area contributed by atoms with Crippen LogP contribution < -0.4 is 10.9 Å². The van der Waals surface area contributed by atoms with E-state index in [0.717, 1.165) is 5.56 Å². The van der Waals surface area contributed by atoms with Gasteiger partial charge in [-0.15, -0.1) is 0 Å². The summed E-state index contributed by atoms with van der Waals surface area (Å²) in [6.45, 7) is 1.80. The average molecular weight is 260 g/mol. The molecule has 0 fully saturated rings. The predicted molar refractivity (Wildman–Crippen MR) is 69.3 cm³/mol. The molecule has 2 N–H and O–H groups in total. The molecular formula is C14H13FN2O2. The van der Waals surface area contributed by atoms with E-state index >= 15 is 0 Å². The van der Waals surface area contributed by atoms with Crippen molar-refractivity contribution in [1.29, 1.82) is 0 Å². The number of halogens is 1. The van der Waals surface area contributed by atoms with Crippen molar-refractivity contribution in [2.75, 3.05) is 0 Å². The molecule has 1 aromatic carbocycles. The van der Waals surface area contributed by atoms with Gasteiger partial charge in [-0.05, 0) is 30.7 Å². The highest BCUT2D eigenvalue weighted by molar-refractivity contribution is 5.94. The molecule has 0 aliphatic carbocycles. The van der Waals surface area contributed by atoms with Crippen LogP contribution in [0.1, 0.15) is 28.9 Å². The molecule has 19 heavy (non-hydrogen) atoms. The SMILES string of the molecule is CC(NC(=O)c1ccc(=O)[nH]c1)c1ccc(F)cc1. The van der Waals surface area contributed by atoms with Crippen molar-refractivity contribution < 1.29 is 9.18 Å². The molecule has 0 aliphatic heterocycles. The van der Waals surface area contributed by atoms with Gasteiger partial charge >= 0.3 is 0 Å². The lowest BCUT2D eigenvalue weighted by Gasteiger charge is -2.14. The third-order valence-corrected chi connectivity index (χ3v) is 2.76. The summed E-state index contributed by atoms with van der Waals surface area (Å²) in [6.07, 6.45) is 1.36. The Hall–Kier alpha value is -2.43. The van der Waals surface area contributed by atoms with E-state index in [9.17, 15) is 14.0 Å². The summed E-state index contributed by atoms with van der Waals surface area (Å²) < 4.78 is 12.8. The van der Waals surface area contributed by atoms with Gasteiger partial charge in [-0.2, -0.15) is 0 Å². The molecule has 1 heterocycles. The predicted octanol–water partition coefficient (Wildman–Crippen LogP) is 2.00. The standard InChI is InChI=1S/C14H13FN2O2/c1-9(10-2-5-12(15)6-3-10)17-14(19)11-4-7-13(18)16-8-11/h2-9H,1H3,(H,16,18)(H,17,19). The molecule has 1 atom stereocenters. The minimum Gasteiger partial charge on any atom is -0.345 e. The molecule has 0 aliphatic rings. The third-order valence-electron chi connectivity index (χ3n) is 2.76. The Morgan fingerprint density at radius 1 is 1.21 bits per heavy atom. The minimum absolute atomic E-state index is 0.250. The second kappa shape index (κ2) is 5.48. The van der Waals surface area contributed by atoms with Crippen LogP contribution >= 0.6 is 0 Å². The van der Waals surface area contributed by atoms with E-state index in [0.29, 0.717) is 5.56 Å². The summed E-state index contributed by atoms with van der Waals surface area (Å²) in [7, 11) is 0. The largest absolute Gasteiger partial charge is 0.345 e. The van der Waals surface area contributed by atoms with Crippen LogP contribution in [0.5, 0.6) is 0 Å². The smallest absolute Gasteiger partial charge is 0.253 e. The Morgan fingerprint density at radius 3 is 2.47 bits per heavy atom. The monoisotopic (exact) mass is 260 g/mol. The lowest BCUT2D eigenvalue weighted by molar-refractivity contribution is 0.0939. The number of nitrogens with one attached hydrogen (secondary N) is 2. The average Bonchev–Trinajstić information content (AvgIpc) is 2.40. The number of H-pyrrole nitrogens is 1. The zero-order chi connectivity index (χ0) is 13.8. The van der Waals surface area contributed by atoms with Gasteiger partial charge in [0.05, 0.1) is 11.6 Å². The highest BCUT2D eigenvalue weighted by atomic mass is 19.1. The van der Waals surface area contributed by atoms with E-state index in [1.54, 1.807) is 19.1 Å². The van der Waals surface area contributed by atoms with Crippen LogP contribution in [0.15, 0.2) is 47.4 Å². The van der Waals surface area contributed by atoms with Crippen molar-refractivity contribution in [3.05, 3.63) is 69.9 Å². The number of amides is 1. The van der Waals surface area contributed by atoms with Crippen molar-refractivity contribution in [2.45, 2.75) is 13.0 Å². The number of aromatic nitrogens is 1. The van der Waals surface area contributed by atoms with E-state index in [-0.39, 0.29) is 23.3 Å². The molecule has 0 saturated heterocycles. The molecule has 98 valence electrons. The van der Waals surface area contributed by atoms with Gasteiger partial charge in [0.25, 0.3) is 5.91 Å². The maximum Gasteiger partial charge on any atom is 0.253 e. The first-order valence-corrected chi connectivity index (χ1v) is 5.81. The zero-order valence-electron chi connectivity index (χ0n) is 10.3. The maximum absolute atomic E-state index is 12.8.